The molecule has 2 aromatic rings. The predicted octanol–water partition coefficient (Wildman–Crippen LogP) is 2.05. The van der Waals surface area contributed by atoms with E-state index in [0.717, 1.165) is 43.5 Å². The molecule has 1 fully saturated rings. The van der Waals surface area contributed by atoms with Crippen LogP contribution in [-0.4, -0.2) is 51.9 Å². The van der Waals surface area contributed by atoms with Crippen molar-refractivity contribution in [2.75, 3.05) is 20.1 Å². The van der Waals surface area contributed by atoms with E-state index in [0.29, 0.717) is 6.54 Å². The van der Waals surface area contributed by atoms with Gasteiger partial charge < -0.3 is 19.5 Å². The minimum Gasteiger partial charge on any atom is -0.490 e. The molecule has 0 bridgehead atoms. The third kappa shape index (κ3) is 5.32. The zero-order chi connectivity index (χ0) is 16.8. The molecule has 0 spiro atoms. The van der Waals surface area contributed by atoms with E-state index in [1.54, 1.807) is 6.33 Å². The highest BCUT2D eigenvalue weighted by molar-refractivity contribution is 14.0. The van der Waals surface area contributed by atoms with Crippen LogP contribution in [0.3, 0.4) is 0 Å². The van der Waals surface area contributed by atoms with Crippen LogP contribution in [0.4, 0.5) is 0 Å². The number of hydrogen-bond donors (Lipinski definition) is 1. The predicted molar refractivity (Wildman–Crippen MR) is 108 cm³/mol. The van der Waals surface area contributed by atoms with Crippen molar-refractivity contribution in [3.8, 4) is 5.75 Å². The lowest BCUT2D eigenvalue weighted by Gasteiger charge is -2.34. The Bertz CT molecular complexity index is 667. The maximum atomic E-state index is 6.04. The summed E-state index contributed by atoms with van der Waals surface area (Å²) in [5, 5.41) is 11.3. The number of ether oxygens (including phenoxy) is 1. The number of aromatic nitrogens is 3. The lowest BCUT2D eigenvalue weighted by Crippen LogP contribution is -2.47. The molecule has 1 aliphatic rings. The SMILES string of the molecule is CN=C(NCc1nncn1C)N1CCC(Oc2ccccc2)CC1.I. The van der Waals surface area contributed by atoms with Crippen molar-refractivity contribution < 1.29 is 4.74 Å². The first kappa shape index (κ1) is 19.5. The van der Waals surface area contributed by atoms with E-state index in [2.05, 4.69) is 25.4 Å². The van der Waals surface area contributed by atoms with E-state index in [-0.39, 0.29) is 30.1 Å². The first-order valence-corrected chi connectivity index (χ1v) is 8.26. The molecule has 0 atom stereocenters. The van der Waals surface area contributed by atoms with Crippen molar-refractivity contribution in [2.45, 2.75) is 25.5 Å². The third-order valence-electron chi connectivity index (χ3n) is 4.21. The van der Waals surface area contributed by atoms with E-state index >= 15 is 0 Å². The molecule has 3 rings (SSSR count). The maximum Gasteiger partial charge on any atom is 0.194 e. The topological polar surface area (TPSA) is 67.6 Å². The Labute approximate surface area is 165 Å². The maximum absolute atomic E-state index is 6.04. The van der Waals surface area contributed by atoms with E-state index < -0.39 is 0 Å². The molecule has 0 radical (unpaired) electrons. The normalized spacial score (nSPS) is 15.6. The van der Waals surface area contributed by atoms with Gasteiger partial charge in [0, 0.05) is 40.0 Å². The fourth-order valence-corrected chi connectivity index (χ4v) is 2.83. The Morgan fingerprint density at radius 1 is 1.28 bits per heavy atom. The van der Waals surface area contributed by atoms with E-state index in [1.165, 1.54) is 0 Å². The zero-order valence-electron chi connectivity index (χ0n) is 14.6. The van der Waals surface area contributed by atoms with E-state index in [1.807, 2.05) is 49.0 Å². The Morgan fingerprint density at radius 2 is 2.00 bits per heavy atom. The summed E-state index contributed by atoms with van der Waals surface area (Å²) < 4.78 is 7.95. The smallest absolute Gasteiger partial charge is 0.194 e. The van der Waals surface area contributed by atoms with E-state index in [9.17, 15) is 0 Å². The van der Waals surface area contributed by atoms with Gasteiger partial charge in [0.1, 0.15) is 18.2 Å². The van der Waals surface area contributed by atoms with Crippen LogP contribution in [0.5, 0.6) is 5.75 Å². The van der Waals surface area contributed by atoms with Gasteiger partial charge >= 0.3 is 0 Å². The third-order valence-corrected chi connectivity index (χ3v) is 4.21. The highest BCUT2D eigenvalue weighted by Gasteiger charge is 2.22. The van der Waals surface area contributed by atoms with Gasteiger partial charge in [-0.3, -0.25) is 4.99 Å². The van der Waals surface area contributed by atoms with Crippen LogP contribution in [0.1, 0.15) is 18.7 Å². The monoisotopic (exact) mass is 456 g/mol. The van der Waals surface area contributed by atoms with Gasteiger partial charge in [-0.25, -0.2) is 0 Å². The molecule has 7 nitrogen and oxygen atoms in total. The molecule has 25 heavy (non-hydrogen) atoms. The number of aliphatic imine (C=N–C) groups is 1. The van der Waals surface area contributed by atoms with Gasteiger partial charge in [0.05, 0.1) is 6.54 Å². The number of para-hydroxylation sites is 1. The lowest BCUT2D eigenvalue weighted by molar-refractivity contribution is 0.129. The second-order valence-electron chi connectivity index (χ2n) is 5.88. The van der Waals surface area contributed by atoms with Gasteiger partial charge in [-0.05, 0) is 12.1 Å². The van der Waals surface area contributed by atoms with E-state index in [4.69, 9.17) is 4.74 Å². The number of piperidine rings is 1. The van der Waals surface area contributed by atoms with Gasteiger partial charge in [-0.15, -0.1) is 34.2 Å². The summed E-state index contributed by atoms with van der Waals surface area (Å²) in [6.45, 7) is 2.47. The van der Waals surface area contributed by atoms with Gasteiger partial charge in [-0.2, -0.15) is 0 Å². The molecule has 0 saturated carbocycles. The molecule has 1 aromatic heterocycles. The number of guanidine groups is 1. The van der Waals surface area contributed by atoms with Crippen LogP contribution < -0.4 is 10.1 Å². The van der Waals surface area contributed by atoms with Crippen LogP contribution in [0.2, 0.25) is 0 Å². The number of likely N-dealkylation sites (tertiary alicyclic amines) is 1. The van der Waals surface area contributed by atoms with Gasteiger partial charge in [0.15, 0.2) is 11.8 Å². The average molecular weight is 456 g/mol. The number of aryl methyl sites for hydroxylation is 1. The summed E-state index contributed by atoms with van der Waals surface area (Å²) in [5.41, 5.74) is 0. The summed E-state index contributed by atoms with van der Waals surface area (Å²) in [6.07, 6.45) is 3.94. The van der Waals surface area contributed by atoms with Gasteiger partial charge in [0.2, 0.25) is 0 Å². The van der Waals surface area contributed by atoms with Crippen molar-refractivity contribution in [3.05, 3.63) is 42.5 Å². The summed E-state index contributed by atoms with van der Waals surface area (Å²) >= 11 is 0. The Morgan fingerprint density at radius 3 is 2.60 bits per heavy atom. The number of halogens is 1. The lowest BCUT2D eigenvalue weighted by atomic mass is 10.1. The van der Waals surface area contributed by atoms with Gasteiger partial charge in [-0.1, -0.05) is 18.2 Å². The highest BCUT2D eigenvalue weighted by atomic mass is 127. The molecular formula is C17H25IN6O. The fraction of sp³-hybridized carbons (Fsp3) is 0.471. The molecule has 1 aromatic carbocycles. The minimum absolute atomic E-state index is 0. The second kappa shape index (κ2) is 9.59. The number of rotatable bonds is 4. The fourth-order valence-electron chi connectivity index (χ4n) is 2.83. The average Bonchev–Trinajstić information content (AvgIpc) is 3.03. The quantitative estimate of drug-likeness (QED) is 0.434. The zero-order valence-corrected chi connectivity index (χ0v) is 17.0. The summed E-state index contributed by atoms with van der Waals surface area (Å²) in [5.74, 6) is 2.73. The molecule has 0 unspecified atom stereocenters. The van der Waals surface area contributed by atoms with Crippen LogP contribution in [0.15, 0.2) is 41.7 Å². The second-order valence-corrected chi connectivity index (χ2v) is 5.88. The van der Waals surface area contributed by atoms with Crippen molar-refractivity contribution in [3.63, 3.8) is 0 Å². The van der Waals surface area contributed by atoms with Crippen molar-refractivity contribution in [1.29, 1.82) is 0 Å². The molecule has 136 valence electrons. The number of nitrogens with zero attached hydrogens (tertiary/aromatic N) is 5. The Kier molecular flexibility index (Phi) is 7.48. The van der Waals surface area contributed by atoms with Crippen LogP contribution >= 0.6 is 24.0 Å². The molecule has 0 aliphatic carbocycles. The molecule has 0 amide bonds. The molecule has 1 saturated heterocycles. The van der Waals surface area contributed by atoms with Crippen LogP contribution in [-0.2, 0) is 13.6 Å². The van der Waals surface area contributed by atoms with Crippen LogP contribution in [0, 0.1) is 0 Å². The molecule has 1 N–H and O–H groups in total. The summed E-state index contributed by atoms with van der Waals surface area (Å²) in [6, 6.07) is 10.0. The first-order chi connectivity index (χ1) is 11.8. The Balaban J connectivity index is 0.00000225. The molecule has 1 aliphatic heterocycles. The van der Waals surface area contributed by atoms with Gasteiger partial charge in [0.25, 0.3) is 0 Å². The van der Waals surface area contributed by atoms with Crippen molar-refractivity contribution in [1.82, 2.24) is 25.0 Å². The standard InChI is InChI=1S/C17H24N6O.HI/c1-18-17(19-12-16-21-20-13-22(16)2)23-10-8-15(9-11-23)24-14-6-4-3-5-7-14;/h3-7,13,15H,8-12H2,1-2H3,(H,18,19);1H. The highest BCUT2D eigenvalue weighted by Crippen LogP contribution is 2.18. The number of benzene rings is 1. The van der Waals surface area contributed by atoms with Crippen molar-refractivity contribution >= 4 is 29.9 Å². The minimum atomic E-state index is 0. The van der Waals surface area contributed by atoms with Crippen molar-refractivity contribution in [2.24, 2.45) is 12.0 Å². The first-order valence-electron chi connectivity index (χ1n) is 8.26. The Hall–Kier alpha value is -1.84. The molecule has 8 heteroatoms. The summed E-state index contributed by atoms with van der Waals surface area (Å²) in [7, 11) is 3.75. The molecular weight excluding hydrogens is 431 g/mol. The number of nitrogens with one attached hydrogen (secondary N) is 1. The molecule has 2 heterocycles. The summed E-state index contributed by atoms with van der Waals surface area (Å²) in [4.78, 5) is 6.65. The largest absolute Gasteiger partial charge is 0.490 e. The van der Waals surface area contributed by atoms with Crippen LogP contribution in [0.25, 0.3) is 0 Å². The number of hydrogen-bond acceptors (Lipinski definition) is 4.